The molecule has 0 bridgehead atoms. The van der Waals surface area contributed by atoms with Gasteiger partial charge in [-0.2, -0.15) is 0 Å². The zero-order valence-electron chi connectivity index (χ0n) is 11.5. The van der Waals surface area contributed by atoms with Crippen LogP contribution in [0.3, 0.4) is 0 Å². The van der Waals surface area contributed by atoms with Gasteiger partial charge in [0, 0.05) is 31.5 Å². The summed E-state index contributed by atoms with van der Waals surface area (Å²) < 4.78 is 12.1. The van der Waals surface area contributed by atoms with Gasteiger partial charge >= 0.3 is 0 Å². The summed E-state index contributed by atoms with van der Waals surface area (Å²) >= 11 is 1.82. The summed E-state index contributed by atoms with van der Waals surface area (Å²) in [5, 5.41) is 1.25. The highest BCUT2D eigenvalue weighted by atomic mass is 33.1. The first-order valence-corrected chi connectivity index (χ1v) is 9.41. The van der Waals surface area contributed by atoms with Gasteiger partial charge in [-0.05, 0) is 12.1 Å². The van der Waals surface area contributed by atoms with Gasteiger partial charge in [-0.15, -0.1) is 11.3 Å². The number of hydrogen-bond acceptors (Lipinski definition) is 5. The Bertz CT molecular complexity index is 839. The summed E-state index contributed by atoms with van der Waals surface area (Å²) in [6.45, 7) is 0. The predicted octanol–water partition coefficient (Wildman–Crippen LogP) is 5.70. The van der Waals surface area contributed by atoms with Crippen molar-refractivity contribution in [3.63, 3.8) is 0 Å². The van der Waals surface area contributed by atoms with Crippen molar-refractivity contribution < 1.29 is 9.47 Å². The summed E-state index contributed by atoms with van der Waals surface area (Å²) in [5.41, 5.74) is 1.33. The molecule has 3 aromatic rings. The lowest BCUT2D eigenvalue weighted by Crippen LogP contribution is -1.89. The van der Waals surface area contributed by atoms with E-state index < -0.39 is 0 Å². The van der Waals surface area contributed by atoms with E-state index in [1.54, 1.807) is 14.2 Å². The number of rotatable bonds is 2. The zero-order valence-corrected chi connectivity index (χ0v) is 14.0. The maximum Gasteiger partial charge on any atom is 0.162 e. The average Bonchev–Trinajstić information content (AvgIpc) is 2.91. The lowest BCUT2D eigenvalue weighted by atomic mass is 10.1. The molecule has 106 valence electrons. The SMILES string of the molecule is COc1cc2sc3c(c2cc1OC)SSc1ccccc1-3. The molecule has 0 unspecified atom stereocenters. The van der Waals surface area contributed by atoms with Gasteiger partial charge in [0.25, 0.3) is 0 Å². The molecule has 0 radical (unpaired) electrons. The molecule has 1 aliphatic heterocycles. The Morgan fingerprint density at radius 1 is 0.905 bits per heavy atom. The van der Waals surface area contributed by atoms with E-state index in [0.717, 1.165) is 11.5 Å². The quantitative estimate of drug-likeness (QED) is 0.560. The second-order valence-electron chi connectivity index (χ2n) is 4.63. The van der Waals surface area contributed by atoms with Gasteiger partial charge < -0.3 is 9.47 Å². The van der Waals surface area contributed by atoms with Crippen LogP contribution in [0, 0.1) is 0 Å². The Hall–Kier alpha value is -1.30. The molecule has 0 saturated heterocycles. The minimum Gasteiger partial charge on any atom is -0.493 e. The summed E-state index contributed by atoms with van der Waals surface area (Å²) in [5.74, 6) is 1.57. The Balaban J connectivity index is 2.01. The Morgan fingerprint density at radius 2 is 1.67 bits per heavy atom. The Kier molecular flexibility index (Phi) is 3.28. The molecule has 0 atom stereocenters. The largest absolute Gasteiger partial charge is 0.493 e. The van der Waals surface area contributed by atoms with Crippen LogP contribution in [0.1, 0.15) is 0 Å². The fourth-order valence-electron chi connectivity index (χ4n) is 2.47. The lowest BCUT2D eigenvalue weighted by Gasteiger charge is -2.14. The summed E-state index contributed by atoms with van der Waals surface area (Å²) in [6.07, 6.45) is 0. The Labute approximate surface area is 134 Å². The van der Waals surface area contributed by atoms with E-state index in [0.29, 0.717) is 0 Å². The van der Waals surface area contributed by atoms with Crippen LogP contribution in [0.4, 0.5) is 0 Å². The highest BCUT2D eigenvalue weighted by Crippen LogP contribution is 2.57. The van der Waals surface area contributed by atoms with E-state index >= 15 is 0 Å². The second-order valence-corrected chi connectivity index (χ2v) is 7.86. The molecule has 1 aliphatic rings. The molecule has 4 rings (SSSR count). The average molecular weight is 332 g/mol. The fraction of sp³-hybridized carbons (Fsp3) is 0.125. The van der Waals surface area contributed by atoms with Crippen LogP contribution in [0.15, 0.2) is 46.2 Å². The van der Waals surface area contributed by atoms with Crippen molar-refractivity contribution in [2.75, 3.05) is 14.2 Å². The molecule has 0 amide bonds. The van der Waals surface area contributed by atoms with Gasteiger partial charge in [-0.3, -0.25) is 0 Å². The smallest absolute Gasteiger partial charge is 0.162 e. The van der Waals surface area contributed by atoms with Crippen molar-refractivity contribution in [1.29, 1.82) is 0 Å². The van der Waals surface area contributed by atoms with Crippen LogP contribution in [0.2, 0.25) is 0 Å². The van der Waals surface area contributed by atoms with E-state index in [1.165, 1.54) is 30.3 Å². The van der Waals surface area contributed by atoms with Crippen LogP contribution in [0.5, 0.6) is 11.5 Å². The molecule has 21 heavy (non-hydrogen) atoms. The highest BCUT2D eigenvalue weighted by molar-refractivity contribution is 8.77. The third-order valence-corrected chi connectivity index (χ3v) is 7.31. The maximum absolute atomic E-state index is 5.44. The third kappa shape index (κ3) is 2.03. The van der Waals surface area contributed by atoms with E-state index in [-0.39, 0.29) is 0 Å². The van der Waals surface area contributed by atoms with Crippen molar-refractivity contribution in [1.82, 2.24) is 0 Å². The summed E-state index contributed by atoms with van der Waals surface area (Å²) in [6, 6.07) is 12.7. The number of fused-ring (bicyclic) bond motifs is 5. The minimum absolute atomic E-state index is 0.787. The molecule has 2 aromatic carbocycles. The molecular weight excluding hydrogens is 320 g/mol. The monoisotopic (exact) mass is 332 g/mol. The van der Waals surface area contributed by atoms with Gasteiger partial charge in [0.05, 0.1) is 19.1 Å². The first-order chi connectivity index (χ1) is 10.3. The number of methoxy groups -OCH3 is 2. The van der Waals surface area contributed by atoms with Crippen molar-refractivity contribution in [2.45, 2.75) is 9.79 Å². The molecule has 2 heterocycles. The van der Waals surface area contributed by atoms with Crippen LogP contribution < -0.4 is 9.47 Å². The van der Waals surface area contributed by atoms with Crippen LogP contribution in [0.25, 0.3) is 20.5 Å². The fourth-order valence-corrected chi connectivity index (χ4v) is 6.65. The molecule has 0 saturated carbocycles. The molecule has 0 aliphatic carbocycles. The van der Waals surface area contributed by atoms with Gasteiger partial charge in [-0.25, -0.2) is 0 Å². The number of hydrogen-bond donors (Lipinski definition) is 0. The van der Waals surface area contributed by atoms with Gasteiger partial charge in [0.1, 0.15) is 0 Å². The van der Waals surface area contributed by atoms with Gasteiger partial charge in [-0.1, -0.05) is 39.8 Å². The van der Waals surface area contributed by atoms with Crippen LogP contribution in [-0.2, 0) is 0 Å². The Morgan fingerprint density at radius 3 is 2.48 bits per heavy atom. The molecule has 2 nitrogen and oxygen atoms in total. The highest BCUT2D eigenvalue weighted by Gasteiger charge is 2.23. The second kappa shape index (κ2) is 5.16. The topological polar surface area (TPSA) is 18.5 Å². The summed E-state index contributed by atoms with van der Waals surface area (Å²) in [7, 11) is 7.01. The first-order valence-electron chi connectivity index (χ1n) is 6.44. The van der Waals surface area contributed by atoms with Crippen LogP contribution >= 0.6 is 32.9 Å². The molecule has 5 heteroatoms. The normalized spacial score (nSPS) is 12.9. The standard InChI is InChI=1S/C16H12O2S3/c1-17-11-7-10-14(8-12(11)18-2)19-15-9-5-3-4-6-13(9)20-21-16(10)15/h3-8H,1-2H3. The van der Waals surface area contributed by atoms with Crippen LogP contribution in [-0.4, -0.2) is 14.2 Å². The molecule has 0 spiro atoms. The maximum atomic E-state index is 5.44. The van der Waals surface area contributed by atoms with E-state index in [2.05, 4.69) is 36.4 Å². The van der Waals surface area contributed by atoms with Gasteiger partial charge in [0.15, 0.2) is 11.5 Å². The van der Waals surface area contributed by atoms with Crippen molar-refractivity contribution in [3.05, 3.63) is 36.4 Å². The third-order valence-electron chi connectivity index (χ3n) is 3.50. The lowest BCUT2D eigenvalue weighted by molar-refractivity contribution is 0.356. The van der Waals surface area contributed by atoms with Crippen molar-refractivity contribution in [2.24, 2.45) is 0 Å². The van der Waals surface area contributed by atoms with Crippen molar-refractivity contribution in [3.8, 4) is 21.9 Å². The molecule has 0 fully saturated rings. The molecular formula is C16H12O2S3. The van der Waals surface area contributed by atoms with E-state index in [9.17, 15) is 0 Å². The number of ether oxygens (including phenoxy) is 2. The van der Waals surface area contributed by atoms with E-state index in [4.69, 9.17) is 9.47 Å². The van der Waals surface area contributed by atoms with E-state index in [1.807, 2.05) is 32.9 Å². The predicted molar refractivity (Wildman–Crippen MR) is 92.1 cm³/mol. The van der Waals surface area contributed by atoms with Crippen molar-refractivity contribution >= 4 is 43.0 Å². The number of benzene rings is 2. The molecule has 0 N–H and O–H groups in total. The minimum atomic E-state index is 0.787. The van der Waals surface area contributed by atoms with Gasteiger partial charge in [0.2, 0.25) is 0 Å². The molecule has 1 aromatic heterocycles. The zero-order chi connectivity index (χ0) is 14.4. The first kappa shape index (κ1) is 13.4. The summed E-state index contributed by atoms with van der Waals surface area (Å²) in [4.78, 5) is 4.01. The number of thiophene rings is 1.